The van der Waals surface area contributed by atoms with Gasteiger partial charge in [0.25, 0.3) is 0 Å². The van der Waals surface area contributed by atoms with Gasteiger partial charge in [0.2, 0.25) is 0 Å². The van der Waals surface area contributed by atoms with Crippen molar-refractivity contribution in [2.75, 3.05) is 13.2 Å². The second-order valence-corrected chi connectivity index (χ2v) is 5.74. The molecular formula is C13H23NO. The highest BCUT2D eigenvalue weighted by atomic mass is 16.5. The molecule has 1 fully saturated rings. The van der Waals surface area contributed by atoms with E-state index in [4.69, 9.17) is 4.74 Å². The number of hydrogen-bond acceptors (Lipinski definition) is 2. The van der Waals surface area contributed by atoms with Crippen molar-refractivity contribution in [3.05, 3.63) is 11.8 Å². The number of ether oxygens (including phenoxy) is 1. The quantitative estimate of drug-likeness (QED) is 0.717. The zero-order valence-corrected chi connectivity index (χ0v) is 10.2. The van der Waals surface area contributed by atoms with E-state index in [0.29, 0.717) is 0 Å². The smallest absolute Gasteiger partial charge is 0.113 e. The van der Waals surface area contributed by atoms with Crippen LogP contribution in [0.5, 0.6) is 0 Å². The van der Waals surface area contributed by atoms with E-state index in [1.807, 2.05) is 0 Å². The Labute approximate surface area is 93.1 Å². The van der Waals surface area contributed by atoms with Gasteiger partial charge in [0.05, 0.1) is 12.1 Å². The summed E-state index contributed by atoms with van der Waals surface area (Å²) in [5.74, 6) is 1.21. The van der Waals surface area contributed by atoms with Crippen molar-refractivity contribution in [1.82, 2.24) is 5.32 Å². The number of nitrogens with one attached hydrogen (secondary N) is 1. The highest BCUT2D eigenvalue weighted by Crippen LogP contribution is 2.44. The fourth-order valence-electron chi connectivity index (χ4n) is 2.82. The topological polar surface area (TPSA) is 21.3 Å². The van der Waals surface area contributed by atoms with E-state index in [0.717, 1.165) is 13.2 Å². The van der Waals surface area contributed by atoms with Gasteiger partial charge in [-0.2, -0.15) is 0 Å². The minimum atomic E-state index is 0.0907. The molecule has 0 bridgehead atoms. The second kappa shape index (κ2) is 3.82. The molecule has 0 aromatic rings. The summed E-state index contributed by atoms with van der Waals surface area (Å²) in [6.07, 6.45) is 7.12. The Balaban J connectivity index is 2.29. The first kappa shape index (κ1) is 11.0. The van der Waals surface area contributed by atoms with Crippen molar-refractivity contribution in [2.45, 2.75) is 52.0 Å². The molecule has 2 rings (SSSR count). The van der Waals surface area contributed by atoms with E-state index in [2.05, 4.69) is 32.2 Å². The average molecular weight is 209 g/mol. The molecule has 2 nitrogen and oxygen atoms in total. The van der Waals surface area contributed by atoms with Crippen LogP contribution in [0.2, 0.25) is 0 Å². The molecule has 1 unspecified atom stereocenters. The van der Waals surface area contributed by atoms with Crippen molar-refractivity contribution in [3.63, 3.8) is 0 Å². The third-order valence-corrected chi connectivity index (χ3v) is 3.79. The normalized spacial score (nSPS) is 32.3. The first-order valence-corrected chi connectivity index (χ1v) is 6.15. The van der Waals surface area contributed by atoms with Crippen molar-refractivity contribution in [3.8, 4) is 0 Å². The van der Waals surface area contributed by atoms with Crippen LogP contribution in [0.3, 0.4) is 0 Å². The lowest BCUT2D eigenvalue weighted by molar-refractivity contribution is 0.0786. The van der Waals surface area contributed by atoms with E-state index >= 15 is 0 Å². The largest absolute Gasteiger partial charge is 0.496 e. The Morgan fingerprint density at radius 1 is 1.33 bits per heavy atom. The molecule has 2 aliphatic heterocycles. The van der Waals surface area contributed by atoms with Crippen molar-refractivity contribution in [2.24, 2.45) is 5.41 Å². The summed E-state index contributed by atoms with van der Waals surface area (Å²) in [4.78, 5) is 0. The Morgan fingerprint density at radius 2 is 2.13 bits per heavy atom. The molecule has 2 aliphatic rings. The van der Waals surface area contributed by atoms with E-state index in [9.17, 15) is 0 Å². The lowest BCUT2D eigenvalue weighted by atomic mass is 9.71. The number of rotatable bonds is 1. The molecule has 15 heavy (non-hydrogen) atoms. The van der Waals surface area contributed by atoms with Crippen molar-refractivity contribution < 1.29 is 4.74 Å². The maximum Gasteiger partial charge on any atom is 0.113 e. The lowest BCUT2D eigenvalue weighted by Crippen LogP contribution is -2.53. The first-order valence-electron chi connectivity index (χ1n) is 6.15. The highest BCUT2D eigenvalue weighted by molar-refractivity contribution is 5.22. The number of allylic oxidation sites excluding steroid dienone is 1. The molecule has 2 heteroatoms. The molecule has 86 valence electrons. The molecule has 0 radical (unpaired) electrons. The maximum atomic E-state index is 5.89. The molecule has 0 spiro atoms. The van der Waals surface area contributed by atoms with E-state index < -0.39 is 0 Å². The second-order valence-electron chi connectivity index (χ2n) is 5.74. The summed E-state index contributed by atoms with van der Waals surface area (Å²) in [6.45, 7) is 8.95. The molecule has 0 aromatic heterocycles. The fourth-order valence-corrected chi connectivity index (χ4v) is 2.82. The Morgan fingerprint density at radius 3 is 2.60 bits per heavy atom. The van der Waals surface area contributed by atoms with Crippen LogP contribution in [-0.4, -0.2) is 18.7 Å². The van der Waals surface area contributed by atoms with Crippen molar-refractivity contribution >= 4 is 0 Å². The van der Waals surface area contributed by atoms with Crippen LogP contribution in [0.15, 0.2) is 11.8 Å². The van der Waals surface area contributed by atoms with Crippen LogP contribution < -0.4 is 5.32 Å². The lowest BCUT2D eigenvalue weighted by Gasteiger charge is -2.44. The summed E-state index contributed by atoms with van der Waals surface area (Å²) in [7, 11) is 0. The van der Waals surface area contributed by atoms with Gasteiger partial charge in [0, 0.05) is 0 Å². The van der Waals surface area contributed by atoms with Crippen LogP contribution in [-0.2, 0) is 4.74 Å². The summed E-state index contributed by atoms with van der Waals surface area (Å²) in [5.41, 5.74) is 0.320. The Bertz CT molecular complexity index is 256. The van der Waals surface area contributed by atoms with Gasteiger partial charge < -0.3 is 10.1 Å². The third kappa shape index (κ3) is 1.80. The van der Waals surface area contributed by atoms with Crippen LogP contribution >= 0.6 is 0 Å². The SMILES string of the molecule is CC(C)(C)C1(C2=CCCCO2)CCCN1. The zero-order valence-electron chi connectivity index (χ0n) is 10.2. The van der Waals surface area contributed by atoms with Gasteiger partial charge in [-0.1, -0.05) is 20.8 Å². The molecule has 0 amide bonds. The van der Waals surface area contributed by atoms with Gasteiger partial charge in [0.15, 0.2) is 0 Å². The highest BCUT2D eigenvalue weighted by Gasteiger charge is 2.48. The van der Waals surface area contributed by atoms with Crippen LogP contribution in [0, 0.1) is 5.41 Å². The van der Waals surface area contributed by atoms with Crippen molar-refractivity contribution in [1.29, 1.82) is 0 Å². The zero-order chi connectivity index (χ0) is 10.9. The molecule has 0 aliphatic carbocycles. The molecule has 0 saturated carbocycles. The predicted molar refractivity (Wildman–Crippen MR) is 62.7 cm³/mol. The van der Waals surface area contributed by atoms with E-state index in [1.165, 1.54) is 31.4 Å². The summed E-state index contributed by atoms with van der Waals surface area (Å²) in [5, 5.41) is 3.69. The van der Waals surface area contributed by atoms with Crippen LogP contribution in [0.1, 0.15) is 46.5 Å². The summed E-state index contributed by atoms with van der Waals surface area (Å²) in [6, 6.07) is 0. The van der Waals surface area contributed by atoms with Gasteiger partial charge in [-0.05, 0) is 43.7 Å². The fraction of sp³-hybridized carbons (Fsp3) is 0.846. The minimum Gasteiger partial charge on any atom is -0.496 e. The van der Waals surface area contributed by atoms with Gasteiger partial charge in [-0.3, -0.25) is 0 Å². The predicted octanol–water partition coefficient (Wildman–Crippen LogP) is 2.85. The molecule has 1 atom stereocenters. The van der Waals surface area contributed by atoms with Crippen LogP contribution in [0.4, 0.5) is 0 Å². The Kier molecular flexibility index (Phi) is 2.80. The van der Waals surface area contributed by atoms with Gasteiger partial charge >= 0.3 is 0 Å². The molecule has 0 aromatic carbocycles. The molecular weight excluding hydrogens is 186 g/mol. The standard InChI is InChI=1S/C13H23NO/c1-12(2,3)13(8-6-9-14-13)11-7-4-5-10-15-11/h7,14H,4-6,8-10H2,1-3H3. The summed E-state index contributed by atoms with van der Waals surface area (Å²) >= 11 is 0. The van der Waals surface area contributed by atoms with Gasteiger partial charge in [-0.25, -0.2) is 0 Å². The molecule has 1 N–H and O–H groups in total. The first-order chi connectivity index (χ1) is 7.06. The minimum absolute atomic E-state index is 0.0907. The van der Waals surface area contributed by atoms with Crippen LogP contribution in [0.25, 0.3) is 0 Å². The van der Waals surface area contributed by atoms with E-state index in [-0.39, 0.29) is 11.0 Å². The van der Waals surface area contributed by atoms with E-state index in [1.54, 1.807) is 0 Å². The Hall–Kier alpha value is -0.500. The average Bonchev–Trinajstić information content (AvgIpc) is 2.68. The third-order valence-electron chi connectivity index (χ3n) is 3.79. The van der Waals surface area contributed by atoms with Gasteiger partial charge in [0.1, 0.15) is 5.76 Å². The monoisotopic (exact) mass is 209 g/mol. The number of hydrogen-bond donors (Lipinski definition) is 1. The molecule has 1 saturated heterocycles. The maximum absolute atomic E-state index is 5.89. The van der Waals surface area contributed by atoms with Gasteiger partial charge in [-0.15, -0.1) is 0 Å². The summed E-state index contributed by atoms with van der Waals surface area (Å²) < 4.78 is 5.89. The molecule has 2 heterocycles.